The number of β-amino-alcohol motifs (C(OH)–C–C–N with tert-alkyl or cyclic N) is 1. The first kappa shape index (κ1) is 47.3. The first-order valence-corrected chi connectivity index (χ1v) is 20.5. The summed E-state index contributed by atoms with van der Waals surface area (Å²) in [6, 6.07) is 28.0. The minimum absolute atomic E-state index is 0.0528. The predicted octanol–water partition coefficient (Wildman–Crippen LogP) is 9.15. The van der Waals surface area contributed by atoms with E-state index in [0.29, 0.717) is 53.1 Å². The number of morpholine rings is 2. The number of para-hydroxylation sites is 2. The van der Waals surface area contributed by atoms with Crippen LogP contribution in [0, 0.1) is 0 Å². The molecule has 8 rings (SSSR count). The normalized spacial score (nSPS) is 14.9. The third-order valence-electron chi connectivity index (χ3n) is 9.73. The second kappa shape index (κ2) is 22.0. The van der Waals surface area contributed by atoms with Gasteiger partial charge in [-0.25, -0.2) is 9.36 Å². The van der Waals surface area contributed by atoms with E-state index in [2.05, 4.69) is 20.0 Å². The van der Waals surface area contributed by atoms with E-state index in [-0.39, 0.29) is 28.8 Å². The number of hydrogen-bond donors (Lipinski definition) is 2. The van der Waals surface area contributed by atoms with E-state index >= 15 is 0 Å². The molecule has 0 radical (unpaired) electrons. The Morgan fingerprint density at radius 1 is 0.587 bits per heavy atom. The molecule has 0 bridgehead atoms. The van der Waals surface area contributed by atoms with E-state index in [1.807, 2.05) is 0 Å². The molecule has 0 spiro atoms. The molecule has 0 aliphatic carbocycles. The molecule has 2 saturated heterocycles. The van der Waals surface area contributed by atoms with Crippen molar-refractivity contribution in [1.29, 1.82) is 0 Å². The minimum Gasteiger partial charge on any atom is -0.508 e. The van der Waals surface area contributed by atoms with E-state index in [9.17, 15) is 31.4 Å². The highest BCUT2D eigenvalue weighted by Gasteiger charge is 2.36. The minimum atomic E-state index is -4.59. The molecule has 4 aromatic carbocycles. The van der Waals surface area contributed by atoms with Crippen LogP contribution in [0.3, 0.4) is 0 Å². The van der Waals surface area contributed by atoms with Gasteiger partial charge in [-0.15, -0.1) is 0 Å². The lowest BCUT2D eigenvalue weighted by Gasteiger charge is -2.26. The summed E-state index contributed by atoms with van der Waals surface area (Å²) in [7, 11) is 0. The summed E-state index contributed by atoms with van der Waals surface area (Å²) in [5, 5.41) is 26.1. The van der Waals surface area contributed by atoms with E-state index in [0.717, 1.165) is 69.3 Å². The zero-order valence-electron chi connectivity index (χ0n) is 33.7. The van der Waals surface area contributed by atoms with Crippen LogP contribution in [-0.2, 0) is 21.8 Å². The smallest absolute Gasteiger partial charge is 0.435 e. The van der Waals surface area contributed by atoms with Gasteiger partial charge in [-0.1, -0.05) is 71.7 Å². The number of phenolic OH excluding ortho intramolecular Hbond substituents is 1. The molecule has 11 nitrogen and oxygen atoms in total. The Balaban J connectivity index is 0.000000180. The Morgan fingerprint density at radius 2 is 1.05 bits per heavy atom. The Hall–Kier alpha value is -5.14. The molecule has 4 heterocycles. The number of hydrogen-bond acceptors (Lipinski definition) is 9. The highest BCUT2D eigenvalue weighted by molar-refractivity contribution is 6.32. The van der Waals surface area contributed by atoms with Crippen molar-refractivity contribution in [3.63, 3.8) is 0 Å². The summed E-state index contributed by atoms with van der Waals surface area (Å²) in [6.07, 6.45) is -9.16. The van der Waals surface area contributed by atoms with Crippen molar-refractivity contribution in [3.05, 3.63) is 131 Å². The number of halogens is 8. The molecular formula is C44H44Cl2F6N6O5. The average molecular weight is 922 g/mol. The van der Waals surface area contributed by atoms with Gasteiger partial charge < -0.3 is 24.4 Å². The zero-order chi connectivity index (χ0) is 45.0. The number of nitrogens with zero attached hydrogens (tertiary/aromatic N) is 6. The van der Waals surface area contributed by atoms with Gasteiger partial charge in [0.15, 0.2) is 11.4 Å². The molecule has 19 heteroatoms. The SMILES string of the molecule is FC(F)(F)c1cc(-c2cccc(OCCN3CCOCC3)c2)n(-c2ccccc2Cl)n1.OCCN1CCOCC1.Oc1cccc(-c2cc(C(F)(F)F)nn2-c2ccccc2Cl)c1. The fraction of sp³-hybridized carbons (Fsp3) is 0.318. The molecule has 0 saturated carbocycles. The first-order valence-electron chi connectivity index (χ1n) is 19.8. The molecular weight excluding hydrogens is 877 g/mol. The molecule has 0 amide bonds. The fourth-order valence-corrected chi connectivity index (χ4v) is 6.99. The summed E-state index contributed by atoms with van der Waals surface area (Å²) in [5.74, 6) is 0.522. The van der Waals surface area contributed by atoms with E-state index in [4.69, 9.17) is 42.5 Å². The van der Waals surface area contributed by atoms with E-state index in [1.165, 1.54) is 16.8 Å². The maximum absolute atomic E-state index is 13.4. The van der Waals surface area contributed by atoms with Crippen molar-refractivity contribution in [3.8, 4) is 45.4 Å². The molecule has 2 N–H and O–H groups in total. The quantitative estimate of drug-likeness (QED) is 0.130. The van der Waals surface area contributed by atoms with Crippen molar-refractivity contribution in [2.75, 3.05) is 78.9 Å². The number of aromatic hydroxyl groups is 1. The predicted molar refractivity (Wildman–Crippen MR) is 227 cm³/mol. The lowest BCUT2D eigenvalue weighted by Crippen LogP contribution is -2.38. The average Bonchev–Trinajstić information content (AvgIpc) is 3.93. The summed E-state index contributed by atoms with van der Waals surface area (Å²) in [6.45, 7) is 9.02. The highest BCUT2D eigenvalue weighted by atomic mass is 35.5. The molecule has 2 aromatic heterocycles. The standard InChI is InChI=1S/C22H21ClF3N3O2.C16H10ClF3N2O.C6H13NO2/c23-18-6-1-2-7-19(18)29-20(15-21(27-29)22(24,25)26)16-4-3-5-17(14-16)31-13-10-28-8-11-30-12-9-28;17-12-6-1-2-7-13(12)22-14(9-15(21-22)16(18,19)20)10-4-3-5-11(23)8-10;8-4-1-7-2-5-9-6-3-7/h1-7,14-15H,8-13H2;1-9,23H;8H,1-6H2. The van der Waals surface area contributed by atoms with Gasteiger partial charge in [-0.3, -0.25) is 9.80 Å². The number of aliphatic hydroxyl groups excluding tert-OH is 1. The summed E-state index contributed by atoms with van der Waals surface area (Å²) < 4.78 is 97.9. The molecule has 0 unspecified atom stereocenters. The number of phenols is 1. The van der Waals surface area contributed by atoms with Gasteiger partial charge in [0.1, 0.15) is 18.1 Å². The van der Waals surface area contributed by atoms with Crippen LogP contribution in [0.15, 0.2) is 109 Å². The van der Waals surface area contributed by atoms with Crippen LogP contribution in [0.5, 0.6) is 11.5 Å². The van der Waals surface area contributed by atoms with E-state index < -0.39 is 23.7 Å². The van der Waals surface area contributed by atoms with Crippen LogP contribution in [0.25, 0.3) is 33.9 Å². The van der Waals surface area contributed by atoms with Crippen molar-refractivity contribution in [2.24, 2.45) is 0 Å². The fourth-order valence-electron chi connectivity index (χ4n) is 6.56. The van der Waals surface area contributed by atoms with Crippen LogP contribution in [0.4, 0.5) is 26.3 Å². The van der Waals surface area contributed by atoms with Crippen LogP contribution in [0.2, 0.25) is 10.0 Å². The Labute approximate surface area is 369 Å². The summed E-state index contributed by atoms with van der Waals surface area (Å²) >= 11 is 12.3. The van der Waals surface area contributed by atoms with Gasteiger partial charge in [0, 0.05) is 50.4 Å². The summed E-state index contributed by atoms with van der Waals surface area (Å²) in [4.78, 5) is 4.44. The van der Waals surface area contributed by atoms with Gasteiger partial charge in [-0.2, -0.15) is 36.5 Å². The third-order valence-corrected chi connectivity index (χ3v) is 10.4. The van der Waals surface area contributed by atoms with Gasteiger partial charge in [-0.05, 0) is 60.7 Å². The van der Waals surface area contributed by atoms with Crippen LogP contribution >= 0.6 is 23.2 Å². The number of ether oxygens (including phenoxy) is 3. The number of alkyl halides is 6. The summed E-state index contributed by atoms with van der Waals surface area (Å²) in [5.41, 5.74) is 0.0771. The lowest BCUT2D eigenvalue weighted by molar-refractivity contribution is -0.142. The molecule has 6 aromatic rings. The van der Waals surface area contributed by atoms with Gasteiger partial charge in [0.05, 0.1) is 65.8 Å². The van der Waals surface area contributed by atoms with Crippen molar-refractivity contribution >= 4 is 23.2 Å². The number of rotatable bonds is 10. The maximum atomic E-state index is 13.4. The van der Waals surface area contributed by atoms with Gasteiger partial charge >= 0.3 is 12.4 Å². The zero-order valence-corrected chi connectivity index (χ0v) is 35.2. The second-order valence-corrected chi connectivity index (χ2v) is 14.9. The molecule has 63 heavy (non-hydrogen) atoms. The van der Waals surface area contributed by atoms with Crippen molar-refractivity contribution in [2.45, 2.75) is 12.4 Å². The second-order valence-electron chi connectivity index (χ2n) is 14.1. The molecule has 2 aliphatic heterocycles. The van der Waals surface area contributed by atoms with Crippen LogP contribution in [-0.4, -0.2) is 118 Å². The number of aromatic nitrogens is 4. The Morgan fingerprint density at radius 3 is 1.51 bits per heavy atom. The monoisotopic (exact) mass is 920 g/mol. The Bertz CT molecular complexity index is 2380. The topological polar surface area (TPSA) is 110 Å². The van der Waals surface area contributed by atoms with Crippen LogP contribution < -0.4 is 4.74 Å². The molecule has 0 atom stereocenters. The van der Waals surface area contributed by atoms with Crippen molar-refractivity contribution < 1.29 is 50.8 Å². The third kappa shape index (κ3) is 13.2. The number of benzene rings is 4. The lowest BCUT2D eigenvalue weighted by atomic mass is 10.1. The Kier molecular flexibility index (Phi) is 16.5. The molecule has 2 fully saturated rings. The van der Waals surface area contributed by atoms with E-state index in [1.54, 1.807) is 84.9 Å². The molecule has 336 valence electrons. The number of aliphatic hydroxyl groups is 1. The van der Waals surface area contributed by atoms with Gasteiger partial charge in [0.25, 0.3) is 0 Å². The largest absolute Gasteiger partial charge is 0.508 e. The van der Waals surface area contributed by atoms with Crippen molar-refractivity contribution in [1.82, 2.24) is 29.4 Å². The van der Waals surface area contributed by atoms with Crippen LogP contribution in [0.1, 0.15) is 11.4 Å². The maximum Gasteiger partial charge on any atom is 0.435 e. The van der Waals surface area contributed by atoms with Gasteiger partial charge in [0.2, 0.25) is 0 Å². The molecule has 2 aliphatic rings. The first-order chi connectivity index (χ1) is 30.2. The highest BCUT2D eigenvalue weighted by Crippen LogP contribution is 2.37.